The molecule has 0 saturated carbocycles. The first-order valence-electron chi connectivity index (χ1n) is 7.00. The Hall–Kier alpha value is -1.32. The van der Waals surface area contributed by atoms with Gasteiger partial charge < -0.3 is 0 Å². The van der Waals surface area contributed by atoms with Crippen molar-refractivity contribution in [1.29, 1.82) is 0 Å². The van der Waals surface area contributed by atoms with E-state index in [0.717, 1.165) is 0 Å². The van der Waals surface area contributed by atoms with Crippen LogP contribution in [0.5, 0.6) is 0 Å². The zero-order valence-electron chi connectivity index (χ0n) is 12.9. The number of benzene rings is 1. The molecule has 0 spiro atoms. The van der Waals surface area contributed by atoms with Gasteiger partial charge in [-0.25, -0.2) is 0 Å². The number of rotatable bonds is 2. The van der Waals surface area contributed by atoms with E-state index in [4.69, 9.17) is 4.74 Å². The molecule has 2 rings (SSSR count). The average molecular weight is 354 g/mol. The minimum absolute atomic E-state index is 0.00209. The van der Waals surface area contributed by atoms with E-state index in [2.05, 4.69) is 0 Å². The van der Waals surface area contributed by atoms with Gasteiger partial charge in [-0.3, -0.25) is 0 Å². The van der Waals surface area contributed by atoms with E-state index in [1.165, 1.54) is 9.36 Å². The van der Waals surface area contributed by atoms with Crippen molar-refractivity contribution in [3.05, 3.63) is 30.3 Å². The van der Waals surface area contributed by atoms with Gasteiger partial charge in [-0.2, -0.15) is 0 Å². The number of hydrogen-bond donors (Lipinski definition) is 0. The zero-order valence-corrected chi connectivity index (χ0v) is 14.6. The van der Waals surface area contributed by atoms with Gasteiger partial charge in [-0.05, 0) is 0 Å². The average Bonchev–Trinajstić information content (AvgIpc) is 2.65. The first-order chi connectivity index (χ1) is 9.71. The summed E-state index contributed by atoms with van der Waals surface area (Å²) in [4.78, 5) is 26.0. The second-order valence-corrected chi connectivity index (χ2v) is 9.64. The van der Waals surface area contributed by atoms with Gasteiger partial charge >= 0.3 is 132 Å². The van der Waals surface area contributed by atoms with E-state index in [-0.39, 0.29) is 20.9 Å². The van der Waals surface area contributed by atoms with Gasteiger partial charge in [0.15, 0.2) is 0 Å². The van der Waals surface area contributed by atoms with Crippen molar-refractivity contribution in [3.8, 4) is 0 Å². The summed E-state index contributed by atoms with van der Waals surface area (Å²) < 4.78 is 6.01. The Morgan fingerprint density at radius 1 is 1.29 bits per heavy atom. The molecule has 1 aliphatic heterocycles. The Bertz CT molecular complexity index is 538. The van der Waals surface area contributed by atoms with Crippen LogP contribution >= 0.6 is 0 Å². The second kappa shape index (κ2) is 5.82. The van der Waals surface area contributed by atoms with Crippen LogP contribution in [-0.2, 0) is 9.53 Å². The van der Waals surface area contributed by atoms with E-state index in [0.29, 0.717) is 13.0 Å². The molecule has 4 nitrogen and oxygen atoms in total. The Balaban J connectivity index is 2.08. The molecular weight excluding hydrogens is 333 g/mol. The molecule has 21 heavy (non-hydrogen) atoms. The van der Waals surface area contributed by atoms with Crippen LogP contribution in [0, 0.1) is 0 Å². The van der Waals surface area contributed by atoms with E-state index in [1.807, 2.05) is 37.3 Å². The van der Waals surface area contributed by atoms with Gasteiger partial charge in [-0.1, -0.05) is 0 Å². The molecule has 0 radical (unpaired) electrons. The SMILES string of the molecule is CC(C)(C)OC(=O)N1CCC(C)([Se]c2ccccc2)C1=O. The van der Waals surface area contributed by atoms with Crippen molar-refractivity contribution in [2.45, 2.75) is 44.0 Å². The summed E-state index contributed by atoms with van der Waals surface area (Å²) in [5.41, 5.74) is -0.582. The van der Waals surface area contributed by atoms with Crippen LogP contribution in [-0.4, -0.2) is 44.0 Å². The molecular formula is C16H21NO3Se. The second-order valence-electron chi connectivity index (χ2n) is 6.33. The molecule has 0 aromatic heterocycles. The van der Waals surface area contributed by atoms with Crippen LogP contribution in [0.25, 0.3) is 0 Å². The van der Waals surface area contributed by atoms with Crippen molar-refractivity contribution < 1.29 is 14.3 Å². The molecule has 5 heteroatoms. The number of imide groups is 1. The van der Waals surface area contributed by atoms with Crippen LogP contribution in [0.2, 0.25) is 4.31 Å². The van der Waals surface area contributed by atoms with Gasteiger partial charge in [0, 0.05) is 0 Å². The maximum absolute atomic E-state index is 12.6. The van der Waals surface area contributed by atoms with Crippen LogP contribution in [0.4, 0.5) is 4.79 Å². The first-order valence-corrected chi connectivity index (χ1v) is 8.72. The quantitative estimate of drug-likeness (QED) is 0.766. The zero-order chi connectivity index (χ0) is 15.7. The topological polar surface area (TPSA) is 46.6 Å². The van der Waals surface area contributed by atoms with E-state index in [9.17, 15) is 9.59 Å². The van der Waals surface area contributed by atoms with E-state index < -0.39 is 16.0 Å². The monoisotopic (exact) mass is 355 g/mol. The van der Waals surface area contributed by atoms with Crippen LogP contribution in [0.15, 0.2) is 30.3 Å². The van der Waals surface area contributed by atoms with Crippen LogP contribution in [0.1, 0.15) is 34.1 Å². The number of ether oxygens (including phenoxy) is 1. The van der Waals surface area contributed by atoms with Gasteiger partial charge in [0.05, 0.1) is 0 Å². The van der Waals surface area contributed by atoms with E-state index >= 15 is 0 Å². The van der Waals surface area contributed by atoms with Crippen molar-refractivity contribution in [3.63, 3.8) is 0 Å². The number of nitrogens with zero attached hydrogens (tertiary/aromatic N) is 1. The number of carbonyl (C=O) groups excluding carboxylic acids is 2. The molecule has 1 unspecified atom stereocenters. The van der Waals surface area contributed by atoms with Crippen molar-refractivity contribution in [1.82, 2.24) is 4.90 Å². The summed E-state index contributed by atoms with van der Waals surface area (Å²) in [6.45, 7) is 7.81. The number of amides is 2. The number of hydrogen-bond acceptors (Lipinski definition) is 3. The third-order valence-corrected chi connectivity index (χ3v) is 6.02. The summed E-state index contributed by atoms with van der Waals surface area (Å²) in [7, 11) is 0. The normalized spacial score (nSPS) is 22.5. The van der Waals surface area contributed by atoms with Crippen molar-refractivity contribution in [2.75, 3.05) is 6.54 Å². The van der Waals surface area contributed by atoms with E-state index in [1.54, 1.807) is 20.8 Å². The molecule has 1 aromatic carbocycles. The third-order valence-electron chi connectivity index (χ3n) is 3.21. The molecule has 0 bridgehead atoms. The maximum atomic E-state index is 12.6. The number of likely N-dealkylation sites (tertiary alicyclic amines) is 1. The molecule has 0 aliphatic carbocycles. The third kappa shape index (κ3) is 3.86. The molecule has 1 aliphatic rings. The molecule has 1 aromatic rings. The Labute approximate surface area is 132 Å². The summed E-state index contributed by atoms with van der Waals surface area (Å²) in [5, 5.41) is 0. The van der Waals surface area contributed by atoms with Gasteiger partial charge in [0.25, 0.3) is 0 Å². The fourth-order valence-corrected chi connectivity index (χ4v) is 4.68. The summed E-state index contributed by atoms with van der Waals surface area (Å²) in [6.07, 6.45) is 0.167. The summed E-state index contributed by atoms with van der Waals surface area (Å²) in [6, 6.07) is 9.99. The predicted octanol–water partition coefficient (Wildman–Crippen LogP) is 2.36. The Morgan fingerprint density at radius 2 is 1.90 bits per heavy atom. The first kappa shape index (κ1) is 16.1. The van der Waals surface area contributed by atoms with Gasteiger partial charge in [0.1, 0.15) is 0 Å². The van der Waals surface area contributed by atoms with Crippen molar-refractivity contribution >= 4 is 31.4 Å². The molecule has 114 valence electrons. The molecule has 1 heterocycles. The van der Waals surface area contributed by atoms with Crippen molar-refractivity contribution in [2.24, 2.45) is 0 Å². The molecule has 1 atom stereocenters. The van der Waals surface area contributed by atoms with Gasteiger partial charge in [0.2, 0.25) is 0 Å². The standard InChI is InChI=1S/C16H21NO3Se/c1-15(2,3)20-14(19)17-11-10-16(4,13(17)18)21-12-8-6-5-7-9-12/h5-9H,10-11H2,1-4H3. The minimum atomic E-state index is -0.582. The molecule has 2 amide bonds. The van der Waals surface area contributed by atoms with Crippen LogP contribution < -0.4 is 4.46 Å². The van der Waals surface area contributed by atoms with Crippen LogP contribution in [0.3, 0.4) is 0 Å². The number of carbonyl (C=O) groups is 2. The fraction of sp³-hybridized carbons (Fsp3) is 0.500. The van der Waals surface area contributed by atoms with Gasteiger partial charge in [-0.15, -0.1) is 0 Å². The molecule has 1 fully saturated rings. The molecule has 1 saturated heterocycles. The Morgan fingerprint density at radius 3 is 2.48 bits per heavy atom. The summed E-state index contributed by atoms with van der Waals surface area (Å²) >= 11 is 0.00209. The summed E-state index contributed by atoms with van der Waals surface area (Å²) in [5.74, 6) is -0.111. The molecule has 0 N–H and O–H groups in total. The predicted molar refractivity (Wildman–Crippen MR) is 82.8 cm³/mol. The fourth-order valence-electron chi connectivity index (χ4n) is 2.15. The Kier molecular flexibility index (Phi) is 4.45.